The van der Waals surface area contributed by atoms with Gasteiger partial charge in [-0.2, -0.15) is 0 Å². The van der Waals surface area contributed by atoms with Crippen molar-refractivity contribution in [2.24, 2.45) is 0 Å². The summed E-state index contributed by atoms with van der Waals surface area (Å²) in [7, 11) is 1.53. The first-order chi connectivity index (χ1) is 15.4. The summed E-state index contributed by atoms with van der Waals surface area (Å²) < 4.78 is 17.2. The Morgan fingerprint density at radius 2 is 1.84 bits per heavy atom. The molecule has 3 aromatic rings. The van der Waals surface area contributed by atoms with Crippen LogP contribution >= 0.6 is 15.9 Å². The van der Waals surface area contributed by atoms with E-state index in [1.807, 2.05) is 6.07 Å². The molecule has 32 heavy (non-hydrogen) atoms. The molecule has 0 unspecified atom stereocenters. The molecule has 0 amide bonds. The Kier molecular flexibility index (Phi) is 5.74. The van der Waals surface area contributed by atoms with E-state index in [4.69, 9.17) is 14.2 Å². The molecule has 9 heteroatoms. The number of halogens is 1. The van der Waals surface area contributed by atoms with Crippen molar-refractivity contribution in [2.75, 3.05) is 7.11 Å². The summed E-state index contributed by atoms with van der Waals surface area (Å²) in [5.41, 5.74) is 1.01. The summed E-state index contributed by atoms with van der Waals surface area (Å²) in [6.07, 6.45) is 1.58. The maximum atomic E-state index is 12.7. The molecule has 0 N–H and O–H groups in total. The molecule has 1 aliphatic rings. The number of ketones is 1. The smallest absolute Gasteiger partial charge is 0.343 e. The molecule has 4 rings (SSSR count). The number of esters is 1. The number of nitro groups is 1. The molecule has 8 nitrogen and oxygen atoms in total. The van der Waals surface area contributed by atoms with Gasteiger partial charge >= 0.3 is 5.97 Å². The van der Waals surface area contributed by atoms with Crippen molar-refractivity contribution in [2.45, 2.75) is 0 Å². The van der Waals surface area contributed by atoms with Crippen LogP contribution in [-0.2, 0) is 0 Å². The topological polar surface area (TPSA) is 105 Å². The highest BCUT2D eigenvalue weighted by atomic mass is 79.9. The Morgan fingerprint density at radius 3 is 2.53 bits per heavy atom. The van der Waals surface area contributed by atoms with Gasteiger partial charge in [0.05, 0.1) is 23.2 Å². The van der Waals surface area contributed by atoms with E-state index in [0.29, 0.717) is 16.9 Å². The molecular formula is C23H14BrNO7. The maximum Gasteiger partial charge on any atom is 0.343 e. The number of nitrogens with zero attached hydrogens (tertiary/aromatic N) is 1. The average molecular weight is 496 g/mol. The third-order valence-electron chi connectivity index (χ3n) is 4.64. The standard InChI is InChI=1S/C23H14BrNO7/c1-30-19-9-4-15(24)10-14(19)11-21-22(26)18-8-7-17(12-20(18)32-21)31-23(27)13-2-5-16(6-3-13)25(28)29/h2-12H,1H3/b21-11-. The lowest BCUT2D eigenvalue weighted by molar-refractivity contribution is -0.384. The number of fused-ring (bicyclic) bond motifs is 1. The van der Waals surface area contributed by atoms with Crippen molar-refractivity contribution >= 4 is 39.4 Å². The van der Waals surface area contributed by atoms with Gasteiger partial charge in [0.1, 0.15) is 17.2 Å². The number of ether oxygens (including phenoxy) is 3. The molecule has 3 aromatic carbocycles. The van der Waals surface area contributed by atoms with Crippen LogP contribution in [0.15, 0.2) is 70.9 Å². The van der Waals surface area contributed by atoms with Crippen LogP contribution in [0.3, 0.4) is 0 Å². The van der Waals surface area contributed by atoms with Gasteiger partial charge in [-0.15, -0.1) is 0 Å². The Hall–Kier alpha value is -3.98. The van der Waals surface area contributed by atoms with Crippen LogP contribution in [0.25, 0.3) is 6.08 Å². The summed E-state index contributed by atoms with van der Waals surface area (Å²) in [6, 6.07) is 14.8. The Balaban J connectivity index is 1.55. The number of non-ortho nitro benzene ring substituents is 1. The lowest BCUT2D eigenvalue weighted by atomic mass is 10.1. The molecule has 1 aliphatic heterocycles. The number of carbonyl (C=O) groups is 2. The van der Waals surface area contributed by atoms with Crippen molar-refractivity contribution in [1.29, 1.82) is 0 Å². The SMILES string of the molecule is COc1ccc(Br)cc1/C=C1\Oc2cc(OC(=O)c3ccc([N+](=O)[O-])cc3)ccc2C1=O. The van der Waals surface area contributed by atoms with Gasteiger partial charge in [0.25, 0.3) is 5.69 Å². The minimum Gasteiger partial charge on any atom is -0.496 e. The predicted molar refractivity (Wildman–Crippen MR) is 118 cm³/mol. The zero-order valence-electron chi connectivity index (χ0n) is 16.5. The number of nitro benzene ring substituents is 1. The molecule has 0 bridgehead atoms. The summed E-state index contributed by atoms with van der Waals surface area (Å²) in [4.78, 5) is 35.2. The van der Waals surface area contributed by atoms with E-state index in [1.165, 1.54) is 49.6 Å². The van der Waals surface area contributed by atoms with Crippen LogP contribution in [0, 0.1) is 10.1 Å². The first-order valence-electron chi connectivity index (χ1n) is 9.24. The van der Waals surface area contributed by atoms with Gasteiger partial charge < -0.3 is 14.2 Å². The number of methoxy groups -OCH3 is 1. The zero-order valence-corrected chi connectivity index (χ0v) is 18.1. The fourth-order valence-electron chi connectivity index (χ4n) is 3.08. The van der Waals surface area contributed by atoms with Gasteiger partial charge in [-0.05, 0) is 48.5 Å². The van der Waals surface area contributed by atoms with Gasteiger partial charge in [-0.25, -0.2) is 4.79 Å². The number of rotatable bonds is 5. The van der Waals surface area contributed by atoms with Gasteiger partial charge in [-0.1, -0.05) is 15.9 Å². The van der Waals surface area contributed by atoms with E-state index in [2.05, 4.69) is 15.9 Å². The fraction of sp³-hybridized carbons (Fsp3) is 0.0435. The number of benzene rings is 3. The average Bonchev–Trinajstić information content (AvgIpc) is 3.08. The highest BCUT2D eigenvalue weighted by molar-refractivity contribution is 9.10. The minimum absolute atomic E-state index is 0.107. The molecule has 0 atom stereocenters. The van der Waals surface area contributed by atoms with Crippen LogP contribution in [-0.4, -0.2) is 23.8 Å². The van der Waals surface area contributed by atoms with Crippen LogP contribution in [0.2, 0.25) is 0 Å². The van der Waals surface area contributed by atoms with E-state index in [-0.39, 0.29) is 34.3 Å². The first kappa shape index (κ1) is 21.3. The normalized spacial score (nSPS) is 13.4. The Morgan fingerprint density at radius 1 is 1.09 bits per heavy atom. The molecule has 0 saturated carbocycles. The van der Waals surface area contributed by atoms with Crippen LogP contribution in [0.1, 0.15) is 26.3 Å². The van der Waals surface area contributed by atoms with Crippen LogP contribution in [0.4, 0.5) is 5.69 Å². The minimum atomic E-state index is -0.696. The monoisotopic (exact) mass is 495 g/mol. The molecule has 1 heterocycles. The van der Waals surface area contributed by atoms with Gasteiger partial charge in [0.15, 0.2) is 5.76 Å². The third-order valence-corrected chi connectivity index (χ3v) is 5.14. The lowest BCUT2D eigenvalue weighted by Gasteiger charge is -2.06. The zero-order chi connectivity index (χ0) is 22.8. The summed E-state index contributed by atoms with van der Waals surface area (Å²) >= 11 is 3.39. The molecule has 0 fully saturated rings. The van der Waals surface area contributed by atoms with E-state index in [1.54, 1.807) is 18.2 Å². The molecule has 0 spiro atoms. The number of Topliss-reactive ketones (excluding diaryl/α,β-unsaturated/α-hetero) is 1. The summed E-state index contributed by atoms with van der Waals surface area (Å²) in [5.74, 6) is 0.0977. The molecule has 0 aromatic heterocycles. The first-order valence-corrected chi connectivity index (χ1v) is 10.0. The second kappa shape index (κ2) is 8.64. The summed E-state index contributed by atoms with van der Waals surface area (Å²) in [5, 5.41) is 10.7. The third kappa shape index (κ3) is 4.23. The van der Waals surface area contributed by atoms with Crippen molar-refractivity contribution in [1.82, 2.24) is 0 Å². The van der Waals surface area contributed by atoms with Crippen molar-refractivity contribution < 1.29 is 28.7 Å². The fourth-order valence-corrected chi connectivity index (χ4v) is 3.45. The van der Waals surface area contributed by atoms with E-state index in [9.17, 15) is 19.7 Å². The lowest BCUT2D eigenvalue weighted by Crippen LogP contribution is -2.08. The number of allylic oxidation sites excluding steroid dienone is 1. The van der Waals surface area contributed by atoms with Crippen LogP contribution < -0.4 is 14.2 Å². The van der Waals surface area contributed by atoms with Crippen molar-refractivity contribution in [3.8, 4) is 17.2 Å². The molecule has 160 valence electrons. The highest BCUT2D eigenvalue weighted by Crippen LogP contribution is 2.36. The second-order valence-electron chi connectivity index (χ2n) is 6.68. The van der Waals surface area contributed by atoms with Crippen molar-refractivity contribution in [3.63, 3.8) is 0 Å². The Bertz CT molecular complexity index is 1280. The van der Waals surface area contributed by atoms with E-state index >= 15 is 0 Å². The highest BCUT2D eigenvalue weighted by Gasteiger charge is 2.28. The Labute approximate surface area is 190 Å². The number of carbonyl (C=O) groups excluding carboxylic acids is 2. The van der Waals surface area contributed by atoms with E-state index < -0.39 is 10.9 Å². The quantitative estimate of drug-likeness (QED) is 0.157. The van der Waals surface area contributed by atoms with Gasteiger partial charge in [-0.3, -0.25) is 14.9 Å². The van der Waals surface area contributed by atoms with Gasteiger partial charge in [0, 0.05) is 28.2 Å². The second-order valence-corrected chi connectivity index (χ2v) is 7.59. The predicted octanol–water partition coefficient (Wildman–Crippen LogP) is 5.20. The molecule has 0 saturated heterocycles. The number of hydrogen-bond acceptors (Lipinski definition) is 7. The molecule has 0 aliphatic carbocycles. The van der Waals surface area contributed by atoms with Crippen molar-refractivity contribution in [3.05, 3.63) is 97.7 Å². The van der Waals surface area contributed by atoms with Crippen LogP contribution in [0.5, 0.6) is 17.2 Å². The van der Waals surface area contributed by atoms with E-state index in [0.717, 1.165) is 4.47 Å². The van der Waals surface area contributed by atoms with Gasteiger partial charge in [0.2, 0.25) is 5.78 Å². The number of hydrogen-bond donors (Lipinski definition) is 0. The maximum absolute atomic E-state index is 12.7. The molecular weight excluding hydrogens is 482 g/mol. The largest absolute Gasteiger partial charge is 0.496 e. The summed E-state index contributed by atoms with van der Waals surface area (Å²) in [6.45, 7) is 0. The molecule has 0 radical (unpaired) electrons.